The molecule has 0 aliphatic heterocycles. The van der Waals surface area contributed by atoms with Crippen LogP contribution in [0.15, 0.2) is 71.3 Å². The van der Waals surface area contributed by atoms with Crippen LogP contribution >= 0.6 is 15.9 Å². The number of nitrogens with one attached hydrogen (secondary N) is 2. The van der Waals surface area contributed by atoms with Crippen LogP contribution in [0.1, 0.15) is 16.1 Å². The Kier molecular flexibility index (Phi) is 5.07. The molecule has 0 aliphatic carbocycles. The van der Waals surface area contributed by atoms with E-state index in [9.17, 15) is 4.79 Å². The fourth-order valence-electron chi connectivity index (χ4n) is 2.21. The standard InChI is InChI=1S/C19H13BrN4O/c20-16-6-1-2-7-17(16)23-15-8-9-22-18(11-15)19(25)24-14-5-3-4-13(10-14)12-21/h1-11H,(H,22,23)(H,24,25). The van der Waals surface area contributed by atoms with Crippen LogP contribution in [-0.2, 0) is 0 Å². The van der Waals surface area contributed by atoms with Gasteiger partial charge in [-0.1, -0.05) is 18.2 Å². The number of nitrogens with zero attached hydrogens (tertiary/aromatic N) is 2. The average Bonchev–Trinajstić information content (AvgIpc) is 2.64. The molecule has 0 atom stereocenters. The molecule has 3 aromatic rings. The zero-order valence-electron chi connectivity index (χ0n) is 13.0. The van der Waals surface area contributed by atoms with Crippen LogP contribution in [0, 0.1) is 11.3 Å². The molecule has 25 heavy (non-hydrogen) atoms. The lowest BCUT2D eigenvalue weighted by atomic mass is 10.2. The zero-order chi connectivity index (χ0) is 17.6. The monoisotopic (exact) mass is 392 g/mol. The van der Waals surface area contributed by atoms with E-state index in [-0.39, 0.29) is 11.6 Å². The lowest BCUT2D eigenvalue weighted by Crippen LogP contribution is -2.13. The summed E-state index contributed by atoms with van der Waals surface area (Å²) in [5, 5.41) is 14.9. The normalized spacial score (nSPS) is 9.92. The fraction of sp³-hybridized carbons (Fsp3) is 0. The molecule has 1 heterocycles. The first kappa shape index (κ1) is 16.7. The number of amides is 1. The second-order valence-corrected chi connectivity index (χ2v) is 6.04. The number of halogens is 1. The summed E-state index contributed by atoms with van der Waals surface area (Å²) in [6, 6.07) is 19.9. The molecular weight excluding hydrogens is 380 g/mol. The number of carbonyl (C=O) groups is 1. The van der Waals surface area contributed by atoms with Crippen LogP contribution in [-0.4, -0.2) is 10.9 Å². The molecule has 0 saturated carbocycles. The van der Waals surface area contributed by atoms with E-state index in [4.69, 9.17) is 5.26 Å². The SMILES string of the molecule is N#Cc1cccc(NC(=O)c2cc(Nc3ccccc3Br)ccn2)c1. The molecule has 6 heteroatoms. The van der Waals surface area contributed by atoms with E-state index < -0.39 is 0 Å². The van der Waals surface area contributed by atoms with Crippen molar-refractivity contribution in [2.75, 3.05) is 10.6 Å². The third-order valence-corrected chi connectivity index (χ3v) is 4.09. The van der Waals surface area contributed by atoms with Crippen molar-refractivity contribution in [3.8, 4) is 6.07 Å². The van der Waals surface area contributed by atoms with Gasteiger partial charge in [0.1, 0.15) is 5.69 Å². The van der Waals surface area contributed by atoms with E-state index in [1.165, 1.54) is 0 Å². The number of pyridine rings is 1. The second-order valence-electron chi connectivity index (χ2n) is 5.18. The first-order valence-electron chi connectivity index (χ1n) is 7.45. The predicted molar refractivity (Wildman–Crippen MR) is 101 cm³/mol. The van der Waals surface area contributed by atoms with E-state index in [1.54, 1.807) is 42.6 Å². The minimum Gasteiger partial charge on any atom is -0.354 e. The summed E-state index contributed by atoms with van der Waals surface area (Å²) in [6.45, 7) is 0. The minimum atomic E-state index is -0.342. The van der Waals surface area contributed by atoms with Gasteiger partial charge in [0.05, 0.1) is 17.3 Å². The van der Waals surface area contributed by atoms with Crippen LogP contribution < -0.4 is 10.6 Å². The van der Waals surface area contributed by atoms with Gasteiger partial charge in [-0.05, 0) is 58.4 Å². The highest BCUT2D eigenvalue weighted by Gasteiger charge is 2.09. The van der Waals surface area contributed by atoms with Crippen molar-refractivity contribution >= 4 is 38.9 Å². The van der Waals surface area contributed by atoms with Gasteiger partial charge < -0.3 is 10.6 Å². The van der Waals surface area contributed by atoms with Gasteiger partial charge in [-0.3, -0.25) is 9.78 Å². The Morgan fingerprint density at radius 3 is 2.68 bits per heavy atom. The van der Waals surface area contributed by atoms with Gasteiger partial charge >= 0.3 is 0 Å². The first-order chi connectivity index (χ1) is 12.2. The average molecular weight is 393 g/mol. The highest BCUT2D eigenvalue weighted by Crippen LogP contribution is 2.25. The summed E-state index contributed by atoms with van der Waals surface area (Å²) < 4.78 is 0.922. The van der Waals surface area contributed by atoms with Crippen molar-refractivity contribution in [1.82, 2.24) is 4.98 Å². The third kappa shape index (κ3) is 4.22. The summed E-state index contributed by atoms with van der Waals surface area (Å²) in [5.74, 6) is -0.342. The molecule has 2 N–H and O–H groups in total. The molecule has 0 saturated heterocycles. The molecule has 0 unspecified atom stereocenters. The van der Waals surface area contributed by atoms with Crippen LogP contribution in [0.5, 0.6) is 0 Å². The van der Waals surface area contributed by atoms with Crippen molar-refractivity contribution in [3.63, 3.8) is 0 Å². The van der Waals surface area contributed by atoms with Gasteiger partial charge in [0.2, 0.25) is 0 Å². The summed E-state index contributed by atoms with van der Waals surface area (Å²) in [4.78, 5) is 16.5. The van der Waals surface area contributed by atoms with E-state index in [0.717, 1.165) is 15.8 Å². The maximum Gasteiger partial charge on any atom is 0.274 e. The Morgan fingerprint density at radius 2 is 1.88 bits per heavy atom. The van der Waals surface area contributed by atoms with Crippen molar-refractivity contribution in [2.45, 2.75) is 0 Å². The summed E-state index contributed by atoms with van der Waals surface area (Å²) in [7, 11) is 0. The maximum absolute atomic E-state index is 12.4. The van der Waals surface area contributed by atoms with Gasteiger partial charge in [-0.15, -0.1) is 0 Å². The van der Waals surface area contributed by atoms with Crippen molar-refractivity contribution < 1.29 is 4.79 Å². The topological polar surface area (TPSA) is 77.8 Å². The molecule has 3 rings (SSSR count). The van der Waals surface area contributed by atoms with Gasteiger partial charge in [0.15, 0.2) is 0 Å². The lowest BCUT2D eigenvalue weighted by Gasteiger charge is -2.10. The Balaban J connectivity index is 1.77. The molecule has 0 bridgehead atoms. The summed E-state index contributed by atoms with van der Waals surface area (Å²) in [6.07, 6.45) is 1.57. The number of nitriles is 1. The Labute approximate surface area is 153 Å². The van der Waals surface area contributed by atoms with Crippen LogP contribution in [0.4, 0.5) is 17.1 Å². The Bertz CT molecular complexity index is 965. The molecule has 2 aromatic carbocycles. The van der Waals surface area contributed by atoms with Crippen molar-refractivity contribution in [1.29, 1.82) is 5.26 Å². The number of hydrogen-bond acceptors (Lipinski definition) is 4. The smallest absolute Gasteiger partial charge is 0.274 e. The number of benzene rings is 2. The minimum absolute atomic E-state index is 0.277. The van der Waals surface area contributed by atoms with E-state index in [0.29, 0.717) is 11.3 Å². The van der Waals surface area contributed by atoms with Gasteiger partial charge in [-0.2, -0.15) is 5.26 Å². The zero-order valence-corrected chi connectivity index (χ0v) is 14.6. The molecule has 0 spiro atoms. The van der Waals surface area contributed by atoms with Crippen LogP contribution in [0.25, 0.3) is 0 Å². The number of rotatable bonds is 4. The number of carbonyl (C=O) groups excluding carboxylic acids is 1. The maximum atomic E-state index is 12.4. The first-order valence-corrected chi connectivity index (χ1v) is 8.24. The molecule has 1 amide bonds. The van der Waals surface area contributed by atoms with E-state index >= 15 is 0 Å². The number of aromatic nitrogens is 1. The highest BCUT2D eigenvalue weighted by molar-refractivity contribution is 9.10. The quantitative estimate of drug-likeness (QED) is 0.673. The van der Waals surface area contributed by atoms with Gasteiger partial charge in [0, 0.05) is 22.0 Å². The Hall–Kier alpha value is -3.17. The lowest BCUT2D eigenvalue weighted by molar-refractivity contribution is 0.102. The second kappa shape index (κ2) is 7.60. The third-order valence-electron chi connectivity index (χ3n) is 3.39. The van der Waals surface area contributed by atoms with Crippen LogP contribution in [0.3, 0.4) is 0 Å². The molecule has 122 valence electrons. The highest BCUT2D eigenvalue weighted by atomic mass is 79.9. The number of anilines is 3. The predicted octanol–water partition coefficient (Wildman–Crippen LogP) is 4.71. The number of hydrogen-bond donors (Lipinski definition) is 2. The molecule has 5 nitrogen and oxygen atoms in total. The van der Waals surface area contributed by atoms with Crippen molar-refractivity contribution in [3.05, 3.63) is 82.6 Å². The van der Waals surface area contributed by atoms with E-state index in [1.807, 2.05) is 30.3 Å². The van der Waals surface area contributed by atoms with Gasteiger partial charge in [0.25, 0.3) is 5.91 Å². The van der Waals surface area contributed by atoms with Gasteiger partial charge in [-0.25, -0.2) is 0 Å². The largest absolute Gasteiger partial charge is 0.354 e. The molecule has 0 radical (unpaired) electrons. The molecule has 1 aromatic heterocycles. The van der Waals surface area contributed by atoms with Crippen molar-refractivity contribution in [2.24, 2.45) is 0 Å². The molecular formula is C19H13BrN4O. The van der Waals surface area contributed by atoms with Crippen LogP contribution in [0.2, 0.25) is 0 Å². The Morgan fingerprint density at radius 1 is 1.04 bits per heavy atom. The molecule has 0 aliphatic rings. The number of para-hydroxylation sites is 1. The summed E-state index contributed by atoms with van der Waals surface area (Å²) in [5.41, 5.74) is 2.95. The molecule has 0 fully saturated rings. The fourth-order valence-corrected chi connectivity index (χ4v) is 2.60. The summed E-state index contributed by atoms with van der Waals surface area (Å²) >= 11 is 3.48. The van der Waals surface area contributed by atoms with E-state index in [2.05, 4.69) is 31.5 Å².